The van der Waals surface area contributed by atoms with Gasteiger partial charge in [-0.3, -0.25) is 4.79 Å². The van der Waals surface area contributed by atoms with Gasteiger partial charge in [0.15, 0.2) is 0 Å². The van der Waals surface area contributed by atoms with Crippen LogP contribution in [0.2, 0.25) is 0 Å². The third kappa shape index (κ3) is 2.10. The van der Waals surface area contributed by atoms with Crippen LogP contribution in [0, 0.1) is 11.3 Å². The molecule has 1 aliphatic carbocycles. The fourth-order valence-corrected chi connectivity index (χ4v) is 3.07. The van der Waals surface area contributed by atoms with Crippen molar-refractivity contribution >= 4 is 5.97 Å². The Kier molecular flexibility index (Phi) is 3.97. The van der Waals surface area contributed by atoms with Gasteiger partial charge in [0.25, 0.3) is 0 Å². The summed E-state index contributed by atoms with van der Waals surface area (Å²) in [5.74, 6) is -0.705. The van der Waals surface area contributed by atoms with Gasteiger partial charge in [-0.05, 0) is 31.1 Å². The maximum atomic E-state index is 11.2. The van der Waals surface area contributed by atoms with E-state index in [1.165, 1.54) is 19.3 Å². The first-order chi connectivity index (χ1) is 6.66. The van der Waals surface area contributed by atoms with Gasteiger partial charge in [-0.15, -0.1) is 0 Å². The van der Waals surface area contributed by atoms with Crippen LogP contribution in [-0.4, -0.2) is 11.1 Å². The first kappa shape index (κ1) is 11.5. The minimum absolute atomic E-state index is 0.110. The standard InChI is InChI=1S/C12H22O2/c1-3-10(11(13)14)12(4-2)8-6-5-7-9-12/h10H,3-9H2,1-2H3,(H,13,14). The molecule has 2 nitrogen and oxygen atoms in total. The van der Waals surface area contributed by atoms with Gasteiger partial charge >= 0.3 is 5.97 Å². The van der Waals surface area contributed by atoms with E-state index in [1.54, 1.807) is 0 Å². The Morgan fingerprint density at radius 2 is 1.86 bits per heavy atom. The molecule has 0 saturated heterocycles. The summed E-state index contributed by atoms with van der Waals surface area (Å²) in [5, 5.41) is 9.22. The molecule has 1 N–H and O–H groups in total. The number of hydrogen-bond acceptors (Lipinski definition) is 1. The Hall–Kier alpha value is -0.530. The van der Waals surface area contributed by atoms with Crippen LogP contribution in [0.25, 0.3) is 0 Å². The first-order valence-corrected chi connectivity index (χ1v) is 5.89. The van der Waals surface area contributed by atoms with Crippen LogP contribution < -0.4 is 0 Å². The van der Waals surface area contributed by atoms with Gasteiger partial charge in [0.2, 0.25) is 0 Å². The lowest BCUT2D eigenvalue weighted by molar-refractivity contribution is -0.148. The fraction of sp³-hybridized carbons (Fsp3) is 0.917. The van der Waals surface area contributed by atoms with Crippen molar-refractivity contribution in [3.63, 3.8) is 0 Å². The zero-order chi connectivity index (χ0) is 10.6. The average molecular weight is 198 g/mol. The molecular weight excluding hydrogens is 176 g/mol. The predicted octanol–water partition coefficient (Wildman–Crippen LogP) is 3.46. The van der Waals surface area contributed by atoms with Gasteiger partial charge in [0.1, 0.15) is 0 Å². The average Bonchev–Trinajstić information content (AvgIpc) is 2.19. The van der Waals surface area contributed by atoms with E-state index in [2.05, 4.69) is 6.92 Å². The number of carboxylic acid groups (broad SMARTS) is 1. The van der Waals surface area contributed by atoms with E-state index in [9.17, 15) is 9.90 Å². The maximum absolute atomic E-state index is 11.2. The van der Waals surface area contributed by atoms with Crippen molar-refractivity contribution < 1.29 is 9.90 Å². The molecule has 0 bridgehead atoms. The van der Waals surface area contributed by atoms with Crippen LogP contribution in [0.15, 0.2) is 0 Å². The Labute approximate surface area is 86.7 Å². The van der Waals surface area contributed by atoms with E-state index >= 15 is 0 Å². The Bertz CT molecular complexity index is 192. The molecule has 0 amide bonds. The highest BCUT2D eigenvalue weighted by Crippen LogP contribution is 2.46. The molecular formula is C12H22O2. The van der Waals surface area contributed by atoms with E-state index in [-0.39, 0.29) is 11.3 Å². The molecule has 1 fully saturated rings. The monoisotopic (exact) mass is 198 g/mol. The van der Waals surface area contributed by atoms with E-state index < -0.39 is 5.97 Å². The number of carbonyl (C=O) groups is 1. The summed E-state index contributed by atoms with van der Waals surface area (Å²) in [4.78, 5) is 11.2. The smallest absolute Gasteiger partial charge is 0.307 e. The minimum atomic E-state index is -0.587. The number of carboxylic acids is 1. The topological polar surface area (TPSA) is 37.3 Å². The van der Waals surface area contributed by atoms with Gasteiger partial charge < -0.3 is 5.11 Å². The molecule has 0 aromatic heterocycles. The molecule has 1 atom stereocenters. The van der Waals surface area contributed by atoms with Gasteiger partial charge in [-0.2, -0.15) is 0 Å². The van der Waals surface area contributed by atoms with E-state index in [0.29, 0.717) is 0 Å². The molecule has 14 heavy (non-hydrogen) atoms. The summed E-state index contributed by atoms with van der Waals surface area (Å²) in [6.45, 7) is 4.15. The SMILES string of the molecule is CCC(C(=O)O)C1(CC)CCCCC1. The highest BCUT2D eigenvalue weighted by molar-refractivity contribution is 5.71. The van der Waals surface area contributed by atoms with Crippen LogP contribution in [0.1, 0.15) is 58.8 Å². The lowest BCUT2D eigenvalue weighted by Gasteiger charge is -2.41. The predicted molar refractivity (Wildman–Crippen MR) is 57.2 cm³/mol. The molecule has 1 aliphatic rings. The summed E-state index contributed by atoms with van der Waals surface area (Å²) >= 11 is 0. The minimum Gasteiger partial charge on any atom is -0.481 e. The quantitative estimate of drug-likeness (QED) is 0.751. The third-order valence-corrected chi connectivity index (χ3v) is 4.00. The summed E-state index contributed by atoms with van der Waals surface area (Å²) in [5.41, 5.74) is 0.110. The summed E-state index contributed by atoms with van der Waals surface area (Å²) in [6.07, 6.45) is 7.77. The lowest BCUT2D eigenvalue weighted by Crippen LogP contribution is -2.37. The second-order valence-corrected chi connectivity index (χ2v) is 4.58. The second-order valence-electron chi connectivity index (χ2n) is 4.58. The normalized spacial score (nSPS) is 23.0. The van der Waals surface area contributed by atoms with Crippen LogP contribution in [0.3, 0.4) is 0 Å². The molecule has 0 spiro atoms. The second kappa shape index (κ2) is 4.81. The van der Waals surface area contributed by atoms with Gasteiger partial charge in [0.05, 0.1) is 5.92 Å². The van der Waals surface area contributed by atoms with E-state index in [0.717, 1.165) is 25.7 Å². The zero-order valence-electron chi connectivity index (χ0n) is 9.38. The molecule has 0 aromatic carbocycles. The summed E-state index contributed by atoms with van der Waals surface area (Å²) < 4.78 is 0. The molecule has 1 saturated carbocycles. The molecule has 82 valence electrons. The third-order valence-electron chi connectivity index (χ3n) is 4.00. The number of rotatable bonds is 4. The maximum Gasteiger partial charge on any atom is 0.307 e. The highest BCUT2D eigenvalue weighted by Gasteiger charge is 2.40. The van der Waals surface area contributed by atoms with Gasteiger partial charge in [-0.1, -0.05) is 33.1 Å². The molecule has 0 heterocycles. The summed E-state index contributed by atoms with van der Waals surface area (Å²) in [6, 6.07) is 0. The Balaban J connectivity index is 2.79. The molecule has 0 aliphatic heterocycles. The van der Waals surface area contributed by atoms with Crippen LogP contribution >= 0.6 is 0 Å². The van der Waals surface area contributed by atoms with E-state index in [1.807, 2.05) is 6.92 Å². The van der Waals surface area contributed by atoms with Crippen molar-refractivity contribution in [2.24, 2.45) is 11.3 Å². The Morgan fingerprint density at radius 3 is 2.21 bits per heavy atom. The van der Waals surface area contributed by atoms with Crippen LogP contribution in [0.5, 0.6) is 0 Å². The molecule has 2 heteroatoms. The van der Waals surface area contributed by atoms with Crippen LogP contribution in [-0.2, 0) is 4.79 Å². The first-order valence-electron chi connectivity index (χ1n) is 5.89. The summed E-state index contributed by atoms with van der Waals surface area (Å²) in [7, 11) is 0. The number of hydrogen-bond donors (Lipinski definition) is 1. The number of aliphatic carboxylic acids is 1. The van der Waals surface area contributed by atoms with Crippen LogP contribution in [0.4, 0.5) is 0 Å². The van der Waals surface area contributed by atoms with Gasteiger partial charge in [0, 0.05) is 0 Å². The zero-order valence-corrected chi connectivity index (χ0v) is 9.38. The van der Waals surface area contributed by atoms with Crippen molar-refractivity contribution in [2.75, 3.05) is 0 Å². The highest BCUT2D eigenvalue weighted by atomic mass is 16.4. The van der Waals surface area contributed by atoms with Crippen molar-refractivity contribution in [3.05, 3.63) is 0 Å². The molecule has 0 radical (unpaired) electrons. The van der Waals surface area contributed by atoms with Gasteiger partial charge in [-0.25, -0.2) is 0 Å². The van der Waals surface area contributed by atoms with Crippen molar-refractivity contribution in [3.8, 4) is 0 Å². The molecule has 0 aromatic rings. The molecule has 1 rings (SSSR count). The van der Waals surface area contributed by atoms with Crippen molar-refractivity contribution in [2.45, 2.75) is 58.8 Å². The lowest BCUT2D eigenvalue weighted by atomic mass is 9.63. The largest absolute Gasteiger partial charge is 0.481 e. The molecule has 1 unspecified atom stereocenters. The Morgan fingerprint density at radius 1 is 1.29 bits per heavy atom. The fourth-order valence-electron chi connectivity index (χ4n) is 3.07. The van der Waals surface area contributed by atoms with Crippen molar-refractivity contribution in [1.29, 1.82) is 0 Å². The van der Waals surface area contributed by atoms with Crippen molar-refractivity contribution in [1.82, 2.24) is 0 Å². The van der Waals surface area contributed by atoms with E-state index in [4.69, 9.17) is 0 Å².